The van der Waals surface area contributed by atoms with Gasteiger partial charge in [0.15, 0.2) is 0 Å². The maximum atomic E-state index is 12.0. The van der Waals surface area contributed by atoms with Gasteiger partial charge in [0.1, 0.15) is 16.0 Å². The van der Waals surface area contributed by atoms with Crippen LogP contribution >= 0.6 is 11.3 Å². The normalized spacial score (nSPS) is 10.7. The van der Waals surface area contributed by atoms with Gasteiger partial charge in [0.25, 0.3) is 5.56 Å². The largest absolute Gasteiger partial charge is 0.495 e. The third-order valence-electron chi connectivity index (χ3n) is 2.58. The predicted octanol–water partition coefficient (Wildman–Crippen LogP) is 1.73. The molecule has 0 saturated carbocycles. The number of methoxy groups -OCH3 is 1. The highest BCUT2D eigenvalue weighted by molar-refractivity contribution is 7.19. The molecule has 7 heteroatoms. The SMILES string of the molecule is CCOC(=O)c1nc2sc(CC)c(OC)c2c(=O)[nH]1. The molecule has 0 aromatic carbocycles. The Morgan fingerprint density at radius 2 is 2.16 bits per heavy atom. The Morgan fingerprint density at radius 1 is 1.42 bits per heavy atom. The minimum Gasteiger partial charge on any atom is -0.495 e. The third kappa shape index (κ3) is 2.33. The van der Waals surface area contributed by atoms with Gasteiger partial charge in [-0.25, -0.2) is 9.78 Å². The molecule has 0 aliphatic carbocycles. The molecule has 2 rings (SSSR count). The zero-order chi connectivity index (χ0) is 14.0. The van der Waals surface area contributed by atoms with E-state index in [1.807, 2.05) is 6.92 Å². The number of fused-ring (bicyclic) bond motifs is 1. The van der Waals surface area contributed by atoms with Gasteiger partial charge >= 0.3 is 5.97 Å². The van der Waals surface area contributed by atoms with Crippen LogP contribution in [0.5, 0.6) is 5.75 Å². The first-order valence-electron chi connectivity index (χ1n) is 5.89. The van der Waals surface area contributed by atoms with Gasteiger partial charge in [-0.1, -0.05) is 6.92 Å². The molecule has 0 amide bonds. The predicted molar refractivity (Wildman–Crippen MR) is 72.1 cm³/mol. The van der Waals surface area contributed by atoms with Gasteiger partial charge in [-0.3, -0.25) is 4.79 Å². The van der Waals surface area contributed by atoms with Crippen LogP contribution in [0.2, 0.25) is 0 Å². The van der Waals surface area contributed by atoms with Gasteiger partial charge in [-0.2, -0.15) is 0 Å². The summed E-state index contributed by atoms with van der Waals surface area (Å²) >= 11 is 1.35. The van der Waals surface area contributed by atoms with Crippen molar-refractivity contribution >= 4 is 27.5 Å². The van der Waals surface area contributed by atoms with Crippen molar-refractivity contribution in [2.75, 3.05) is 13.7 Å². The number of thiophene rings is 1. The zero-order valence-corrected chi connectivity index (χ0v) is 11.7. The summed E-state index contributed by atoms with van der Waals surface area (Å²) in [6, 6.07) is 0. The van der Waals surface area contributed by atoms with E-state index in [0.29, 0.717) is 16.0 Å². The summed E-state index contributed by atoms with van der Waals surface area (Å²) in [7, 11) is 1.51. The number of H-pyrrole nitrogens is 1. The van der Waals surface area contributed by atoms with Crippen molar-refractivity contribution in [2.45, 2.75) is 20.3 Å². The number of carbonyl (C=O) groups is 1. The number of hydrogen-bond acceptors (Lipinski definition) is 6. The van der Waals surface area contributed by atoms with Crippen molar-refractivity contribution in [2.24, 2.45) is 0 Å². The van der Waals surface area contributed by atoms with E-state index in [2.05, 4.69) is 9.97 Å². The van der Waals surface area contributed by atoms with E-state index in [1.54, 1.807) is 6.92 Å². The van der Waals surface area contributed by atoms with Gasteiger partial charge in [0.2, 0.25) is 5.82 Å². The topological polar surface area (TPSA) is 81.3 Å². The Morgan fingerprint density at radius 3 is 2.74 bits per heavy atom. The Kier molecular flexibility index (Phi) is 3.84. The minimum atomic E-state index is -0.632. The monoisotopic (exact) mass is 282 g/mol. The van der Waals surface area contributed by atoms with E-state index >= 15 is 0 Å². The molecule has 0 radical (unpaired) electrons. The number of aromatic amines is 1. The minimum absolute atomic E-state index is 0.0779. The van der Waals surface area contributed by atoms with Crippen LogP contribution in [0.3, 0.4) is 0 Å². The van der Waals surface area contributed by atoms with Crippen molar-refractivity contribution in [3.8, 4) is 5.75 Å². The smallest absolute Gasteiger partial charge is 0.374 e. The van der Waals surface area contributed by atoms with E-state index in [9.17, 15) is 9.59 Å². The van der Waals surface area contributed by atoms with Crippen LogP contribution in [0, 0.1) is 0 Å². The molecule has 1 N–H and O–H groups in total. The molecule has 0 saturated heterocycles. The van der Waals surface area contributed by atoms with Gasteiger partial charge in [-0.05, 0) is 13.3 Å². The average Bonchev–Trinajstić information content (AvgIpc) is 2.77. The Labute approximate surface area is 113 Å². The number of hydrogen-bond donors (Lipinski definition) is 1. The van der Waals surface area contributed by atoms with E-state index in [4.69, 9.17) is 9.47 Å². The molecular formula is C12H14N2O4S. The molecule has 0 aliphatic heterocycles. The van der Waals surface area contributed by atoms with Crippen LogP contribution in [0.15, 0.2) is 4.79 Å². The molecule has 2 aromatic rings. The van der Waals surface area contributed by atoms with Crippen LogP contribution in [0.1, 0.15) is 29.3 Å². The number of carbonyl (C=O) groups excluding carboxylic acids is 1. The van der Waals surface area contributed by atoms with Crippen LogP contribution in [-0.2, 0) is 11.2 Å². The summed E-state index contributed by atoms with van der Waals surface area (Å²) in [5, 5.41) is 0.386. The fourth-order valence-electron chi connectivity index (χ4n) is 1.77. The summed E-state index contributed by atoms with van der Waals surface area (Å²) in [6.07, 6.45) is 0.735. The van der Waals surface area contributed by atoms with Crippen molar-refractivity contribution in [3.63, 3.8) is 0 Å². The Hall–Kier alpha value is -1.89. The van der Waals surface area contributed by atoms with E-state index in [1.165, 1.54) is 18.4 Å². The maximum absolute atomic E-state index is 12.0. The fraction of sp³-hybridized carbons (Fsp3) is 0.417. The number of ether oxygens (including phenoxy) is 2. The molecule has 0 atom stereocenters. The third-order valence-corrected chi connectivity index (χ3v) is 3.79. The lowest BCUT2D eigenvalue weighted by atomic mass is 10.3. The zero-order valence-electron chi connectivity index (χ0n) is 10.9. The second-order valence-corrected chi connectivity index (χ2v) is 4.81. The molecule has 2 heterocycles. The second kappa shape index (κ2) is 5.40. The van der Waals surface area contributed by atoms with Gasteiger partial charge in [0, 0.05) is 4.88 Å². The van der Waals surface area contributed by atoms with E-state index < -0.39 is 5.97 Å². The van der Waals surface area contributed by atoms with Crippen LogP contribution in [-0.4, -0.2) is 29.7 Å². The Balaban J connectivity index is 2.65. The Bertz CT molecular complexity index is 674. The molecule has 0 bridgehead atoms. The lowest BCUT2D eigenvalue weighted by molar-refractivity contribution is 0.0512. The molecular weight excluding hydrogens is 268 g/mol. The average molecular weight is 282 g/mol. The first-order chi connectivity index (χ1) is 9.12. The molecule has 0 aliphatic rings. The number of aromatic nitrogens is 2. The molecule has 0 spiro atoms. The summed E-state index contributed by atoms with van der Waals surface area (Å²) in [6.45, 7) is 3.89. The van der Waals surface area contributed by atoms with Crippen LogP contribution in [0.4, 0.5) is 0 Å². The molecule has 102 valence electrons. The highest BCUT2D eigenvalue weighted by Gasteiger charge is 2.19. The number of nitrogens with one attached hydrogen (secondary N) is 1. The van der Waals surface area contributed by atoms with Crippen molar-refractivity contribution in [1.82, 2.24) is 9.97 Å². The number of esters is 1. The highest BCUT2D eigenvalue weighted by atomic mass is 32.1. The van der Waals surface area contributed by atoms with Crippen LogP contribution in [0.25, 0.3) is 10.2 Å². The van der Waals surface area contributed by atoms with Crippen molar-refractivity contribution in [3.05, 3.63) is 21.1 Å². The number of aryl methyl sites for hydroxylation is 1. The molecule has 2 aromatic heterocycles. The lowest BCUT2D eigenvalue weighted by Crippen LogP contribution is -2.17. The molecule has 0 fully saturated rings. The first kappa shape index (κ1) is 13.5. The fourth-order valence-corrected chi connectivity index (χ4v) is 2.85. The molecule has 6 nitrogen and oxygen atoms in total. The first-order valence-corrected chi connectivity index (χ1v) is 6.70. The quantitative estimate of drug-likeness (QED) is 0.864. The van der Waals surface area contributed by atoms with E-state index in [-0.39, 0.29) is 18.0 Å². The summed E-state index contributed by atoms with van der Waals surface area (Å²) < 4.78 is 10.1. The summed E-state index contributed by atoms with van der Waals surface area (Å²) in [5.41, 5.74) is -0.388. The van der Waals surface area contributed by atoms with Gasteiger partial charge in [-0.15, -0.1) is 11.3 Å². The van der Waals surface area contributed by atoms with Gasteiger partial charge in [0.05, 0.1) is 13.7 Å². The summed E-state index contributed by atoms with van der Waals surface area (Å²) in [5.74, 6) is -0.176. The van der Waals surface area contributed by atoms with Crippen LogP contribution < -0.4 is 10.3 Å². The van der Waals surface area contributed by atoms with Crippen molar-refractivity contribution in [1.29, 1.82) is 0 Å². The number of rotatable bonds is 4. The van der Waals surface area contributed by atoms with Crippen molar-refractivity contribution < 1.29 is 14.3 Å². The standard InChI is InChI=1S/C12H14N2O4S/c1-4-6-8(17-3)7-10(15)13-9(12(16)18-5-2)14-11(7)19-6/h4-5H2,1-3H3,(H,13,14,15). The maximum Gasteiger partial charge on any atom is 0.374 e. The second-order valence-electron chi connectivity index (χ2n) is 3.73. The van der Waals surface area contributed by atoms with Gasteiger partial charge < -0.3 is 14.5 Å². The number of nitrogens with zero attached hydrogens (tertiary/aromatic N) is 1. The van der Waals surface area contributed by atoms with E-state index in [0.717, 1.165) is 11.3 Å². The highest BCUT2D eigenvalue weighted by Crippen LogP contribution is 2.34. The lowest BCUT2D eigenvalue weighted by Gasteiger charge is -2.01. The summed E-state index contributed by atoms with van der Waals surface area (Å²) in [4.78, 5) is 31.6. The molecule has 19 heavy (non-hydrogen) atoms. The molecule has 0 unspecified atom stereocenters.